The van der Waals surface area contributed by atoms with Gasteiger partial charge in [0.15, 0.2) is 34.9 Å². The molecule has 0 aliphatic rings. The van der Waals surface area contributed by atoms with Gasteiger partial charge in [-0.05, 0) is 150 Å². The molecule has 0 bridgehead atoms. The third kappa shape index (κ3) is 10.7. The highest BCUT2D eigenvalue weighted by Gasteiger charge is 2.23. The smallest absolute Gasteiger partial charge is 0.164 e. The molecule has 6 heteroatoms. The lowest BCUT2D eigenvalue weighted by Crippen LogP contribution is -2.01. The molecule has 0 aliphatic heterocycles. The Morgan fingerprint density at radius 2 is 0.382 bits per heavy atom. The van der Waals surface area contributed by atoms with Crippen molar-refractivity contribution in [2.75, 3.05) is 0 Å². The SMILES string of the molecule is c1ccc(-c2ccc(-c3c4ccccc4c(-c4cccc(-c5nc(-c6ccccc6)nc(-c6cccc7ccccc67)n5)c4)c4cc(-c5ccc(-c6nc(-c7cccc(-c8c9ccccc9c(-c9ccccc9)c9ccccc89)c7)nc(-c7cccc8ccccc78)n6)cc5)ccc34)cc2)cc1. The Morgan fingerprint density at radius 1 is 0.127 bits per heavy atom. The van der Waals surface area contributed by atoms with Crippen LogP contribution in [0.15, 0.2) is 364 Å². The van der Waals surface area contributed by atoms with E-state index in [9.17, 15) is 0 Å². The molecule has 0 N–H and O–H groups in total. The first kappa shape index (κ1) is 59.6. The predicted octanol–water partition coefficient (Wildman–Crippen LogP) is 25.0. The Hall–Kier alpha value is -13.7. The van der Waals surface area contributed by atoms with Crippen molar-refractivity contribution >= 4 is 64.6 Å². The molecule has 102 heavy (non-hydrogen) atoms. The standard InChI is InChI=1S/C96H60N6/c1-4-24-61(25-5-1)62-48-52-67(53-49-62)88-79-42-16-19-45-82(79)90(72-35-21-37-74(59-72)93-97-91(68-30-8-3-9-31-68)99-95(101-93)84-46-22-32-64-26-10-12-38-75(64)84)86-60-70(56-57-83(86)88)63-50-54-69(55-51-63)92-98-94(102-96(100-92)85-47-23-33-65-27-11-13-39-76(65)85)73-36-20-34-71(58-73)89-80-43-17-14-40-77(80)87(66-28-6-2-7-29-66)78-41-15-18-44-81(78)89/h1-60H. The van der Waals surface area contributed by atoms with Gasteiger partial charge in [-0.1, -0.05) is 346 Å². The van der Waals surface area contributed by atoms with Gasteiger partial charge in [0.05, 0.1) is 0 Å². The first-order valence-electron chi connectivity index (χ1n) is 34.6. The summed E-state index contributed by atoms with van der Waals surface area (Å²) in [5, 5.41) is 13.7. The van der Waals surface area contributed by atoms with E-state index in [0.29, 0.717) is 34.9 Å². The number of aromatic nitrogens is 6. The molecule has 0 saturated heterocycles. The van der Waals surface area contributed by atoms with E-state index in [4.69, 9.17) is 29.9 Å². The second-order valence-electron chi connectivity index (χ2n) is 26.0. The summed E-state index contributed by atoms with van der Waals surface area (Å²) in [6.07, 6.45) is 0. The summed E-state index contributed by atoms with van der Waals surface area (Å²) in [5.74, 6) is 3.59. The van der Waals surface area contributed by atoms with Crippen molar-refractivity contribution < 1.29 is 0 Å². The highest BCUT2D eigenvalue weighted by molar-refractivity contribution is 6.23. The Labute approximate surface area is 590 Å². The molecule has 0 fully saturated rings. The molecule has 6 nitrogen and oxygen atoms in total. The number of rotatable bonds is 12. The Morgan fingerprint density at radius 3 is 0.843 bits per heavy atom. The van der Waals surface area contributed by atoms with Crippen LogP contribution in [-0.2, 0) is 0 Å². The van der Waals surface area contributed by atoms with E-state index in [1.165, 1.54) is 54.9 Å². The maximum atomic E-state index is 5.42. The van der Waals surface area contributed by atoms with Gasteiger partial charge in [0.1, 0.15) is 0 Å². The van der Waals surface area contributed by atoms with E-state index in [-0.39, 0.29) is 0 Å². The third-order valence-corrected chi connectivity index (χ3v) is 20.0. The Kier molecular flexibility index (Phi) is 14.8. The molecule has 2 aromatic heterocycles. The van der Waals surface area contributed by atoms with Crippen LogP contribution in [-0.4, -0.2) is 29.9 Å². The molecule has 0 atom stereocenters. The Bertz CT molecular complexity index is 6410. The predicted molar refractivity (Wildman–Crippen MR) is 423 cm³/mol. The summed E-state index contributed by atoms with van der Waals surface area (Å²) in [7, 11) is 0. The van der Waals surface area contributed by atoms with Crippen LogP contribution in [0, 0.1) is 0 Å². The van der Waals surface area contributed by atoms with Gasteiger partial charge < -0.3 is 0 Å². The van der Waals surface area contributed by atoms with Crippen LogP contribution in [0.4, 0.5) is 0 Å². The molecule has 474 valence electrons. The zero-order valence-corrected chi connectivity index (χ0v) is 55.3. The van der Waals surface area contributed by atoms with E-state index < -0.39 is 0 Å². The summed E-state index contributed by atoms with van der Waals surface area (Å²) < 4.78 is 0. The van der Waals surface area contributed by atoms with Crippen LogP contribution in [0.2, 0.25) is 0 Å². The molecule has 19 aromatic rings. The lowest BCUT2D eigenvalue weighted by atomic mass is 9.84. The minimum Gasteiger partial charge on any atom is -0.208 e. The Balaban J connectivity index is 0.760. The number of fused-ring (bicyclic) bond motifs is 6. The summed E-state index contributed by atoms with van der Waals surface area (Å²) >= 11 is 0. The van der Waals surface area contributed by atoms with E-state index >= 15 is 0 Å². The third-order valence-electron chi connectivity index (χ3n) is 20.0. The van der Waals surface area contributed by atoms with E-state index in [2.05, 4.69) is 346 Å². The highest BCUT2D eigenvalue weighted by atomic mass is 15.0. The lowest BCUT2D eigenvalue weighted by molar-refractivity contribution is 1.08. The van der Waals surface area contributed by atoms with Crippen LogP contribution in [0.25, 0.3) is 200 Å². The molecule has 0 saturated carbocycles. The van der Waals surface area contributed by atoms with Gasteiger partial charge in [-0.2, -0.15) is 0 Å². The molecular formula is C96H60N6. The van der Waals surface area contributed by atoms with Gasteiger partial charge in [0, 0.05) is 33.4 Å². The van der Waals surface area contributed by atoms with Crippen LogP contribution >= 0.6 is 0 Å². The summed E-state index contributed by atoms with van der Waals surface area (Å²) in [5.41, 5.74) is 19.0. The summed E-state index contributed by atoms with van der Waals surface area (Å²) in [4.78, 5) is 32.0. The fourth-order valence-electron chi connectivity index (χ4n) is 15.2. The molecule has 0 aliphatic carbocycles. The summed E-state index contributed by atoms with van der Waals surface area (Å²) in [6, 6.07) is 130. The molecule has 0 unspecified atom stereocenters. The topological polar surface area (TPSA) is 77.3 Å². The lowest BCUT2D eigenvalue weighted by Gasteiger charge is -2.19. The first-order valence-corrected chi connectivity index (χ1v) is 34.6. The number of benzene rings is 17. The van der Waals surface area contributed by atoms with Gasteiger partial charge in [0.25, 0.3) is 0 Å². The zero-order valence-electron chi connectivity index (χ0n) is 55.3. The number of hydrogen-bond donors (Lipinski definition) is 0. The average Bonchev–Trinajstić information content (AvgIpc) is 0.737. The molecular weight excluding hydrogens is 1240 g/mol. The van der Waals surface area contributed by atoms with Gasteiger partial charge in [-0.15, -0.1) is 0 Å². The van der Waals surface area contributed by atoms with E-state index in [1.807, 2.05) is 18.2 Å². The van der Waals surface area contributed by atoms with Crippen molar-refractivity contribution in [3.8, 4) is 135 Å². The fraction of sp³-hybridized carbons (Fsp3) is 0. The molecule has 2 heterocycles. The van der Waals surface area contributed by atoms with Gasteiger partial charge >= 0.3 is 0 Å². The van der Waals surface area contributed by atoms with Crippen LogP contribution < -0.4 is 0 Å². The van der Waals surface area contributed by atoms with Gasteiger partial charge in [0.2, 0.25) is 0 Å². The zero-order chi connectivity index (χ0) is 67.5. The highest BCUT2D eigenvalue weighted by Crippen LogP contribution is 2.48. The fourth-order valence-corrected chi connectivity index (χ4v) is 15.2. The van der Waals surface area contributed by atoms with Crippen LogP contribution in [0.1, 0.15) is 0 Å². The normalized spacial score (nSPS) is 11.5. The minimum absolute atomic E-state index is 0.580. The van der Waals surface area contributed by atoms with Crippen LogP contribution in [0.5, 0.6) is 0 Å². The molecule has 0 radical (unpaired) electrons. The monoisotopic (exact) mass is 1300 g/mol. The second-order valence-corrected chi connectivity index (χ2v) is 26.0. The van der Waals surface area contributed by atoms with Gasteiger partial charge in [-0.3, -0.25) is 0 Å². The van der Waals surface area contributed by atoms with E-state index in [1.54, 1.807) is 0 Å². The van der Waals surface area contributed by atoms with Crippen LogP contribution in [0.3, 0.4) is 0 Å². The summed E-state index contributed by atoms with van der Waals surface area (Å²) in [6.45, 7) is 0. The van der Waals surface area contributed by atoms with Crippen molar-refractivity contribution in [1.82, 2.24) is 29.9 Å². The first-order chi connectivity index (χ1) is 50.6. The molecule has 0 amide bonds. The second kappa shape index (κ2) is 25.3. The largest absolute Gasteiger partial charge is 0.208 e. The van der Waals surface area contributed by atoms with Crippen molar-refractivity contribution in [3.05, 3.63) is 364 Å². The van der Waals surface area contributed by atoms with E-state index in [0.717, 1.165) is 110 Å². The van der Waals surface area contributed by atoms with Crippen molar-refractivity contribution in [2.24, 2.45) is 0 Å². The van der Waals surface area contributed by atoms with Crippen molar-refractivity contribution in [3.63, 3.8) is 0 Å². The van der Waals surface area contributed by atoms with Crippen molar-refractivity contribution in [1.29, 1.82) is 0 Å². The number of hydrogen-bond acceptors (Lipinski definition) is 6. The minimum atomic E-state index is 0.580. The molecule has 19 rings (SSSR count). The molecule has 17 aromatic carbocycles. The maximum absolute atomic E-state index is 5.42. The average molecular weight is 1300 g/mol. The number of nitrogens with zero attached hydrogens (tertiary/aromatic N) is 6. The molecule has 0 spiro atoms. The van der Waals surface area contributed by atoms with Crippen molar-refractivity contribution in [2.45, 2.75) is 0 Å². The van der Waals surface area contributed by atoms with Gasteiger partial charge in [-0.25, -0.2) is 29.9 Å². The maximum Gasteiger partial charge on any atom is 0.164 e. The quantitative estimate of drug-likeness (QED) is 0.113.